The van der Waals surface area contributed by atoms with Crippen LogP contribution in [0.2, 0.25) is 10.0 Å². The summed E-state index contributed by atoms with van der Waals surface area (Å²) in [5.74, 6) is 0. The summed E-state index contributed by atoms with van der Waals surface area (Å²) in [6, 6.07) is 16.8. The lowest BCUT2D eigenvalue weighted by molar-refractivity contribution is 0.242. The van der Waals surface area contributed by atoms with Crippen molar-refractivity contribution in [3.63, 3.8) is 0 Å². The number of amides is 2. The van der Waals surface area contributed by atoms with Gasteiger partial charge in [0.1, 0.15) is 0 Å². The Balaban J connectivity index is 1.63. The number of sulfonamides is 1. The molecule has 0 unspecified atom stereocenters. The summed E-state index contributed by atoms with van der Waals surface area (Å²) in [5, 5.41) is 4.25. The first-order chi connectivity index (χ1) is 19.4. The van der Waals surface area contributed by atoms with Gasteiger partial charge in [-0.3, -0.25) is 9.97 Å². The van der Waals surface area contributed by atoms with Crippen molar-refractivity contribution in [2.24, 2.45) is 5.73 Å². The van der Waals surface area contributed by atoms with Crippen LogP contribution in [-0.2, 0) is 16.4 Å². The number of carbonyl (C=O) groups excluding carboxylic acids is 1. The number of hydrazine groups is 1. The van der Waals surface area contributed by atoms with Crippen LogP contribution in [0.25, 0.3) is 11.3 Å². The molecule has 0 bridgehead atoms. The number of urea groups is 1. The second-order valence-electron chi connectivity index (χ2n) is 10.2. The molecule has 9 nitrogen and oxygen atoms in total. The maximum Gasteiger partial charge on any atom is 0.337 e. The SMILES string of the molecule is C[C@H](NC(=O)N(NS(=O)(=O)c1ccccc1)c1ccc(CC(C)(C)N)cc1)c1ccc(-c2cnccn2)c(Cl)c1Cl. The van der Waals surface area contributed by atoms with Gasteiger partial charge in [0.25, 0.3) is 10.0 Å². The molecule has 3 aromatic carbocycles. The van der Waals surface area contributed by atoms with Crippen LogP contribution in [0.15, 0.2) is 90.2 Å². The molecule has 12 heteroatoms. The molecule has 0 aliphatic rings. The third-order valence-electron chi connectivity index (χ3n) is 6.08. The molecule has 0 fully saturated rings. The van der Waals surface area contributed by atoms with Crippen molar-refractivity contribution in [3.05, 3.63) is 106 Å². The molecule has 0 saturated heterocycles. The number of rotatable bonds is 9. The number of carbonyl (C=O) groups is 1. The van der Waals surface area contributed by atoms with Crippen LogP contribution in [0, 0.1) is 0 Å². The van der Waals surface area contributed by atoms with Crippen molar-refractivity contribution < 1.29 is 13.2 Å². The van der Waals surface area contributed by atoms with E-state index in [9.17, 15) is 13.2 Å². The number of nitrogens with zero attached hydrogens (tertiary/aromatic N) is 3. The molecule has 0 aliphatic carbocycles. The largest absolute Gasteiger partial charge is 0.337 e. The fourth-order valence-electron chi connectivity index (χ4n) is 4.14. The highest BCUT2D eigenvalue weighted by atomic mass is 35.5. The van der Waals surface area contributed by atoms with Crippen molar-refractivity contribution in [3.8, 4) is 11.3 Å². The lowest BCUT2D eigenvalue weighted by Crippen LogP contribution is -2.51. The number of hydrogen-bond acceptors (Lipinski definition) is 6. The Morgan fingerprint density at radius 1 is 1.00 bits per heavy atom. The summed E-state index contributed by atoms with van der Waals surface area (Å²) in [7, 11) is -4.11. The summed E-state index contributed by atoms with van der Waals surface area (Å²) in [5.41, 5.74) is 8.61. The van der Waals surface area contributed by atoms with Gasteiger partial charge in [-0.05, 0) is 62.6 Å². The number of nitrogens with one attached hydrogen (secondary N) is 2. The maximum atomic E-state index is 13.6. The number of nitrogens with two attached hydrogens (primary N) is 1. The van der Waals surface area contributed by atoms with Crippen LogP contribution in [-0.4, -0.2) is 30.0 Å². The fourth-order valence-corrected chi connectivity index (χ4v) is 5.78. The Morgan fingerprint density at radius 3 is 2.29 bits per heavy atom. The summed E-state index contributed by atoms with van der Waals surface area (Å²) in [6.45, 7) is 5.54. The zero-order chi connectivity index (χ0) is 29.8. The highest BCUT2D eigenvalue weighted by molar-refractivity contribution is 7.89. The van der Waals surface area contributed by atoms with E-state index in [0.29, 0.717) is 28.9 Å². The lowest BCUT2D eigenvalue weighted by Gasteiger charge is -2.27. The number of halogens is 2. The monoisotopic (exact) mass is 612 g/mol. The second kappa shape index (κ2) is 12.5. The Labute approximate surface area is 249 Å². The van der Waals surface area contributed by atoms with E-state index in [2.05, 4.69) is 20.1 Å². The van der Waals surface area contributed by atoms with E-state index in [1.165, 1.54) is 12.1 Å². The second-order valence-corrected chi connectivity index (χ2v) is 12.6. The van der Waals surface area contributed by atoms with E-state index in [0.717, 1.165) is 10.6 Å². The first kappa shape index (κ1) is 30.4. The fraction of sp³-hybridized carbons (Fsp3) is 0.207. The van der Waals surface area contributed by atoms with Gasteiger partial charge in [-0.15, -0.1) is 4.83 Å². The molecule has 0 aliphatic heterocycles. The van der Waals surface area contributed by atoms with E-state index in [4.69, 9.17) is 28.9 Å². The highest BCUT2D eigenvalue weighted by Gasteiger charge is 2.26. The van der Waals surface area contributed by atoms with Gasteiger partial charge in [0.05, 0.1) is 38.6 Å². The number of benzene rings is 3. The molecule has 1 heterocycles. The van der Waals surface area contributed by atoms with Gasteiger partial charge in [0, 0.05) is 23.5 Å². The van der Waals surface area contributed by atoms with Gasteiger partial charge >= 0.3 is 6.03 Å². The van der Waals surface area contributed by atoms with Crippen LogP contribution in [0.1, 0.15) is 37.9 Å². The van der Waals surface area contributed by atoms with Gasteiger partial charge in [-0.25, -0.2) is 18.2 Å². The van der Waals surface area contributed by atoms with Gasteiger partial charge in [0.15, 0.2) is 0 Å². The smallest absolute Gasteiger partial charge is 0.330 e. The molecule has 0 spiro atoms. The first-order valence-corrected chi connectivity index (χ1v) is 14.9. The van der Waals surface area contributed by atoms with Gasteiger partial charge in [0.2, 0.25) is 0 Å². The number of aromatic nitrogens is 2. The minimum Gasteiger partial charge on any atom is -0.330 e. The molecule has 4 aromatic rings. The van der Waals surface area contributed by atoms with Gasteiger partial charge in [-0.1, -0.05) is 65.7 Å². The van der Waals surface area contributed by atoms with Crippen LogP contribution in [0.5, 0.6) is 0 Å². The molecule has 214 valence electrons. The molecule has 41 heavy (non-hydrogen) atoms. The highest BCUT2D eigenvalue weighted by Crippen LogP contribution is 2.37. The van der Waals surface area contributed by atoms with Gasteiger partial charge in [-0.2, -0.15) is 0 Å². The van der Waals surface area contributed by atoms with Crippen molar-refractivity contribution in [2.45, 2.75) is 43.7 Å². The average molecular weight is 614 g/mol. The molecular weight excluding hydrogens is 583 g/mol. The van der Waals surface area contributed by atoms with Crippen molar-refractivity contribution >= 4 is 44.9 Å². The molecule has 4 N–H and O–H groups in total. The Morgan fingerprint density at radius 2 is 1.68 bits per heavy atom. The topological polar surface area (TPSA) is 130 Å². The van der Waals surface area contributed by atoms with E-state index in [1.807, 2.05) is 13.8 Å². The van der Waals surface area contributed by atoms with Gasteiger partial charge < -0.3 is 11.1 Å². The molecule has 1 atom stereocenters. The minimum atomic E-state index is -4.11. The minimum absolute atomic E-state index is 0.00164. The first-order valence-electron chi connectivity index (χ1n) is 12.7. The summed E-state index contributed by atoms with van der Waals surface area (Å²) >= 11 is 13.2. The predicted molar refractivity (Wildman–Crippen MR) is 162 cm³/mol. The molecule has 2 amide bonds. The Kier molecular flexibility index (Phi) is 9.31. The van der Waals surface area contributed by atoms with Crippen molar-refractivity contribution in [1.82, 2.24) is 20.1 Å². The Bertz CT molecular complexity index is 1610. The quantitative estimate of drug-likeness (QED) is 0.202. The number of anilines is 1. The standard InChI is InChI=1S/C29H30Cl2N6O3S/c1-19(23-13-14-24(27(31)26(23)30)25-18-33-15-16-34-25)35-28(38)37(36-41(39,40)22-7-5-4-6-8-22)21-11-9-20(10-12-21)17-29(2,3)32/h4-16,18-19,36H,17,32H2,1-3H3,(H,35,38)/t19-/m0/s1. The zero-order valence-electron chi connectivity index (χ0n) is 22.7. The third kappa shape index (κ3) is 7.60. The van der Waals surface area contributed by atoms with Crippen LogP contribution >= 0.6 is 23.2 Å². The molecule has 1 aromatic heterocycles. The third-order valence-corrected chi connectivity index (χ3v) is 8.29. The molecular formula is C29H30Cl2N6O3S. The van der Waals surface area contributed by atoms with Crippen molar-refractivity contribution in [1.29, 1.82) is 0 Å². The normalized spacial score (nSPS) is 12.5. The Hall–Kier alpha value is -3.54. The molecule has 0 saturated carbocycles. The van der Waals surface area contributed by atoms with E-state index >= 15 is 0 Å². The van der Waals surface area contributed by atoms with E-state index in [1.54, 1.807) is 80.1 Å². The summed E-state index contributed by atoms with van der Waals surface area (Å²) < 4.78 is 26.4. The number of hydrogen-bond donors (Lipinski definition) is 3. The summed E-state index contributed by atoms with van der Waals surface area (Å²) in [4.78, 5) is 24.3. The maximum absolute atomic E-state index is 13.6. The molecule has 4 rings (SSSR count). The van der Waals surface area contributed by atoms with Crippen molar-refractivity contribution in [2.75, 3.05) is 5.01 Å². The van der Waals surface area contributed by atoms with E-state index < -0.39 is 27.6 Å². The lowest BCUT2D eigenvalue weighted by atomic mass is 9.96. The predicted octanol–water partition coefficient (Wildman–Crippen LogP) is 5.90. The van der Waals surface area contributed by atoms with Crippen LogP contribution in [0.3, 0.4) is 0 Å². The molecule has 0 radical (unpaired) electrons. The van der Waals surface area contributed by atoms with E-state index in [-0.39, 0.29) is 14.9 Å². The zero-order valence-corrected chi connectivity index (χ0v) is 25.0. The average Bonchev–Trinajstić information content (AvgIpc) is 2.93. The van der Waals surface area contributed by atoms with Crippen LogP contribution < -0.4 is 20.9 Å². The summed E-state index contributed by atoms with van der Waals surface area (Å²) in [6.07, 6.45) is 5.26. The van der Waals surface area contributed by atoms with Crippen LogP contribution in [0.4, 0.5) is 10.5 Å².